The van der Waals surface area contributed by atoms with Crippen LogP contribution in [0.4, 0.5) is 4.39 Å². The molecule has 1 aromatic rings. The number of hydrogen-bond acceptors (Lipinski definition) is 3. The van der Waals surface area contributed by atoms with Crippen molar-refractivity contribution in [1.29, 1.82) is 0 Å². The summed E-state index contributed by atoms with van der Waals surface area (Å²) < 4.78 is 18.8. The van der Waals surface area contributed by atoms with Crippen molar-refractivity contribution < 1.29 is 9.13 Å². The van der Waals surface area contributed by atoms with Gasteiger partial charge >= 0.3 is 5.69 Å². The highest BCUT2D eigenvalue weighted by atomic mass is 19.1. The van der Waals surface area contributed by atoms with Crippen LogP contribution in [0.5, 0.6) is 0 Å². The Morgan fingerprint density at radius 2 is 2.33 bits per heavy atom. The fourth-order valence-electron chi connectivity index (χ4n) is 1.66. The highest BCUT2D eigenvalue weighted by molar-refractivity contribution is 4.85. The van der Waals surface area contributed by atoms with Crippen LogP contribution in [0.15, 0.2) is 21.9 Å². The lowest BCUT2D eigenvalue weighted by Gasteiger charge is -2.13. The van der Waals surface area contributed by atoms with Gasteiger partial charge in [-0.1, -0.05) is 0 Å². The number of aromatic amines is 1. The molecule has 2 heterocycles. The second-order valence-corrected chi connectivity index (χ2v) is 3.46. The molecule has 2 atom stereocenters. The Bertz CT molecular complexity index is 453. The first-order valence-corrected chi connectivity index (χ1v) is 4.73. The SMILES string of the molecule is O=c1ccn(C2CCC(CF)O2)c(=O)[nH]1. The Hall–Kier alpha value is -1.43. The van der Waals surface area contributed by atoms with E-state index >= 15 is 0 Å². The summed E-state index contributed by atoms with van der Waals surface area (Å²) in [5, 5.41) is 0. The van der Waals surface area contributed by atoms with Crippen molar-refractivity contribution in [3.63, 3.8) is 0 Å². The van der Waals surface area contributed by atoms with Crippen LogP contribution >= 0.6 is 0 Å². The first kappa shape index (κ1) is 10.1. The summed E-state index contributed by atoms with van der Waals surface area (Å²) in [6.45, 7) is -0.547. The molecule has 1 fully saturated rings. The van der Waals surface area contributed by atoms with Gasteiger partial charge in [-0.05, 0) is 12.8 Å². The zero-order valence-corrected chi connectivity index (χ0v) is 7.98. The van der Waals surface area contributed by atoms with Gasteiger partial charge in [0.05, 0.1) is 6.10 Å². The maximum Gasteiger partial charge on any atom is 0.330 e. The van der Waals surface area contributed by atoms with Gasteiger partial charge in [-0.3, -0.25) is 14.3 Å². The summed E-state index contributed by atoms with van der Waals surface area (Å²) >= 11 is 0. The van der Waals surface area contributed by atoms with Crippen molar-refractivity contribution >= 4 is 0 Å². The van der Waals surface area contributed by atoms with Crippen LogP contribution < -0.4 is 11.2 Å². The average molecular weight is 214 g/mol. The largest absolute Gasteiger partial charge is 0.352 e. The Kier molecular flexibility index (Phi) is 2.68. The van der Waals surface area contributed by atoms with Gasteiger partial charge in [0.2, 0.25) is 0 Å². The molecule has 1 aromatic heterocycles. The fraction of sp³-hybridized carbons (Fsp3) is 0.556. The number of aromatic nitrogens is 2. The van der Waals surface area contributed by atoms with Crippen LogP contribution in [0, 0.1) is 0 Å². The third-order valence-electron chi connectivity index (χ3n) is 2.42. The Morgan fingerprint density at radius 3 is 2.93 bits per heavy atom. The molecule has 2 rings (SSSR count). The molecule has 1 aliphatic rings. The highest BCUT2D eigenvalue weighted by Crippen LogP contribution is 2.26. The number of alkyl halides is 1. The van der Waals surface area contributed by atoms with Crippen LogP contribution in [0.25, 0.3) is 0 Å². The van der Waals surface area contributed by atoms with Gasteiger partial charge in [-0.2, -0.15) is 0 Å². The van der Waals surface area contributed by atoms with Gasteiger partial charge in [-0.15, -0.1) is 0 Å². The van der Waals surface area contributed by atoms with Crippen LogP contribution in [-0.4, -0.2) is 22.3 Å². The van der Waals surface area contributed by atoms with Crippen LogP contribution in [0.2, 0.25) is 0 Å². The molecule has 82 valence electrons. The van der Waals surface area contributed by atoms with E-state index in [0.717, 1.165) is 0 Å². The smallest absolute Gasteiger partial charge is 0.330 e. The third-order valence-corrected chi connectivity index (χ3v) is 2.42. The van der Waals surface area contributed by atoms with Crippen molar-refractivity contribution in [2.75, 3.05) is 6.67 Å². The average Bonchev–Trinajstić information content (AvgIpc) is 2.66. The van der Waals surface area contributed by atoms with Crippen molar-refractivity contribution in [1.82, 2.24) is 9.55 Å². The van der Waals surface area contributed by atoms with E-state index in [4.69, 9.17) is 4.74 Å². The summed E-state index contributed by atoms with van der Waals surface area (Å²) in [4.78, 5) is 24.3. The predicted octanol–water partition coefficient (Wildman–Crippen LogP) is 0.184. The Morgan fingerprint density at radius 1 is 1.53 bits per heavy atom. The number of nitrogens with zero attached hydrogens (tertiary/aromatic N) is 1. The Labute approximate surface area is 84.5 Å². The number of rotatable bonds is 2. The predicted molar refractivity (Wildman–Crippen MR) is 50.4 cm³/mol. The summed E-state index contributed by atoms with van der Waals surface area (Å²) in [6, 6.07) is 1.24. The van der Waals surface area contributed by atoms with Gasteiger partial charge in [0.25, 0.3) is 5.56 Å². The van der Waals surface area contributed by atoms with Crippen molar-refractivity contribution in [3.8, 4) is 0 Å². The molecule has 0 aromatic carbocycles. The second kappa shape index (κ2) is 3.98. The number of nitrogens with one attached hydrogen (secondary N) is 1. The normalized spacial score (nSPS) is 25.7. The molecule has 0 bridgehead atoms. The van der Waals surface area contributed by atoms with E-state index in [-0.39, 0.29) is 0 Å². The fourth-order valence-corrected chi connectivity index (χ4v) is 1.66. The lowest BCUT2D eigenvalue weighted by atomic mass is 10.2. The zero-order valence-electron chi connectivity index (χ0n) is 7.98. The molecule has 0 spiro atoms. The van der Waals surface area contributed by atoms with E-state index < -0.39 is 30.3 Å². The maximum atomic E-state index is 12.3. The van der Waals surface area contributed by atoms with E-state index in [0.29, 0.717) is 12.8 Å². The highest BCUT2D eigenvalue weighted by Gasteiger charge is 2.26. The molecule has 6 heteroatoms. The first-order chi connectivity index (χ1) is 7.20. The van der Waals surface area contributed by atoms with Crippen molar-refractivity contribution in [2.45, 2.75) is 25.2 Å². The summed E-state index contributed by atoms with van der Waals surface area (Å²) in [5.74, 6) is 0. The molecule has 1 saturated heterocycles. The molecule has 5 nitrogen and oxygen atoms in total. The lowest BCUT2D eigenvalue weighted by Crippen LogP contribution is -2.31. The molecule has 0 saturated carbocycles. The van der Waals surface area contributed by atoms with Crippen LogP contribution in [0.1, 0.15) is 19.1 Å². The van der Waals surface area contributed by atoms with Crippen molar-refractivity contribution in [2.24, 2.45) is 0 Å². The molecule has 15 heavy (non-hydrogen) atoms. The minimum atomic E-state index is -0.547. The van der Waals surface area contributed by atoms with E-state index in [1.807, 2.05) is 0 Å². The number of H-pyrrole nitrogens is 1. The number of halogens is 1. The molecule has 0 amide bonds. The zero-order chi connectivity index (χ0) is 10.8. The van der Waals surface area contributed by atoms with Gasteiger partial charge in [-0.25, -0.2) is 9.18 Å². The first-order valence-electron chi connectivity index (χ1n) is 4.73. The molecular weight excluding hydrogens is 203 g/mol. The molecule has 1 N–H and O–H groups in total. The summed E-state index contributed by atoms with van der Waals surface area (Å²) in [5.41, 5.74) is -0.969. The molecule has 0 radical (unpaired) electrons. The van der Waals surface area contributed by atoms with Crippen molar-refractivity contribution in [3.05, 3.63) is 33.1 Å². The molecule has 0 aliphatic carbocycles. The van der Waals surface area contributed by atoms with Gasteiger partial charge in [0.1, 0.15) is 12.9 Å². The minimum absolute atomic E-state index is 0.436. The van der Waals surface area contributed by atoms with E-state index in [9.17, 15) is 14.0 Å². The summed E-state index contributed by atoms with van der Waals surface area (Å²) in [7, 11) is 0. The number of ether oxygens (including phenoxy) is 1. The van der Waals surface area contributed by atoms with E-state index in [1.54, 1.807) is 0 Å². The second-order valence-electron chi connectivity index (χ2n) is 3.46. The van der Waals surface area contributed by atoms with Gasteiger partial charge < -0.3 is 4.74 Å². The summed E-state index contributed by atoms with van der Waals surface area (Å²) in [6.07, 6.45) is 1.64. The third kappa shape index (κ3) is 1.99. The quantitative estimate of drug-likeness (QED) is 0.764. The van der Waals surface area contributed by atoms with Gasteiger partial charge in [0.15, 0.2) is 0 Å². The van der Waals surface area contributed by atoms with E-state index in [1.165, 1.54) is 16.8 Å². The number of hydrogen-bond donors (Lipinski definition) is 1. The molecule has 2 unspecified atom stereocenters. The standard InChI is InChI=1S/C9H11FN2O3/c10-5-6-1-2-8(15-6)12-4-3-7(13)11-9(12)14/h3-4,6,8H,1-2,5H2,(H,11,13,14). The van der Waals surface area contributed by atoms with Crippen LogP contribution in [-0.2, 0) is 4.74 Å². The Balaban J connectivity index is 2.24. The molecular formula is C9H11FN2O3. The minimum Gasteiger partial charge on any atom is -0.352 e. The topological polar surface area (TPSA) is 64.1 Å². The van der Waals surface area contributed by atoms with E-state index in [2.05, 4.69) is 4.98 Å². The lowest BCUT2D eigenvalue weighted by molar-refractivity contribution is -0.0106. The van der Waals surface area contributed by atoms with Gasteiger partial charge in [0, 0.05) is 12.3 Å². The van der Waals surface area contributed by atoms with Crippen LogP contribution in [0.3, 0.4) is 0 Å². The monoisotopic (exact) mass is 214 g/mol. The maximum absolute atomic E-state index is 12.3. The molecule has 1 aliphatic heterocycles.